The van der Waals surface area contributed by atoms with E-state index >= 15 is 0 Å². The molecule has 1 aromatic rings. The molecule has 1 aromatic carbocycles. The van der Waals surface area contributed by atoms with Crippen molar-refractivity contribution in [3.8, 4) is 0 Å². The van der Waals surface area contributed by atoms with Gasteiger partial charge in [-0.3, -0.25) is 4.79 Å². The molecule has 0 spiro atoms. The zero-order valence-electron chi connectivity index (χ0n) is 10.1. The lowest BCUT2D eigenvalue weighted by Gasteiger charge is -2.16. The minimum Gasteiger partial charge on any atom is -0.320 e. The van der Waals surface area contributed by atoms with E-state index in [0.717, 1.165) is 12.1 Å². The van der Waals surface area contributed by atoms with Crippen molar-refractivity contribution in [3.05, 3.63) is 22.2 Å². The fourth-order valence-electron chi connectivity index (χ4n) is 1.33. The van der Waals surface area contributed by atoms with E-state index in [2.05, 4.69) is 15.9 Å². The van der Waals surface area contributed by atoms with Gasteiger partial charge in [0.15, 0.2) is 0 Å². The summed E-state index contributed by atoms with van der Waals surface area (Å²) < 4.78 is 72.1. The standard InChI is InChI=1S/C10H7BrClF4NO3S/c1-4-2-6(5(11)3-7(4)21(12,19)20)17-9(18)10(15,16)8(13)14/h2-3,8H,1H3,(H,17,18). The maximum Gasteiger partial charge on any atom is 0.383 e. The predicted octanol–water partition coefficient (Wildman–Crippen LogP) is 3.52. The van der Waals surface area contributed by atoms with E-state index in [9.17, 15) is 30.8 Å². The predicted molar refractivity (Wildman–Crippen MR) is 71.5 cm³/mol. The maximum atomic E-state index is 12.8. The monoisotopic (exact) mass is 411 g/mol. The molecule has 0 atom stereocenters. The number of hydrogen-bond donors (Lipinski definition) is 1. The Morgan fingerprint density at radius 1 is 1.38 bits per heavy atom. The van der Waals surface area contributed by atoms with Crippen LogP contribution in [0.5, 0.6) is 0 Å². The topological polar surface area (TPSA) is 63.2 Å². The molecule has 0 unspecified atom stereocenters. The van der Waals surface area contributed by atoms with Gasteiger partial charge < -0.3 is 5.32 Å². The van der Waals surface area contributed by atoms with Crippen LogP contribution in [0.2, 0.25) is 0 Å². The Bertz CT molecular complexity index is 681. The fraction of sp³-hybridized carbons (Fsp3) is 0.300. The summed E-state index contributed by atoms with van der Waals surface area (Å²) in [6, 6.07) is 1.98. The number of benzene rings is 1. The van der Waals surface area contributed by atoms with Gasteiger partial charge in [-0.2, -0.15) is 8.78 Å². The quantitative estimate of drug-likeness (QED) is 0.608. The number of hydrogen-bond acceptors (Lipinski definition) is 3. The van der Waals surface area contributed by atoms with E-state index in [-0.39, 0.29) is 20.6 Å². The number of amides is 1. The first-order valence-electron chi connectivity index (χ1n) is 5.09. The van der Waals surface area contributed by atoms with Crippen LogP contribution in [0.1, 0.15) is 5.56 Å². The van der Waals surface area contributed by atoms with E-state index in [1.165, 1.54) is 6.92 Å². The summed E-state index contributed by atoms with van der Waals surface area (Å²) in [4.78, 5) is 10.8. The van der Waals surface area contributed by atoms with Gasteiger partial charge in [0.2, 0.25) is 0 Å². The molecule has 1 rings (SSSR count). The van der Waals surface area contributed by atoms with Gasteiger partial charge in [-0.05, 0) is 40.5 Å². The van der Waals surface area contributed by atoms with Gasteiger partial charge in [-0.25, -0.2) is 17.2 Å². The molecule has 118 valence electrons. The Morgan fingerprint density at radius 2 is 1.90 bits per heavy atom. The number of carbonyl (C=O) groups excluding carboxylic acids is 1. The van der Waals surface area contributed by atoms with Crippen molar-refractivity contribution in [3.63, 3.8) is 0 Å². The first-order valence-corrected chi connectivity index (χ1v) is 8.19. The van der Waals surface area contributed by atoms with E-state index < -0.39 is 27.3 Å². The number of nitrogens with one attached hydrogen (secondary N) is 1. The Morgan fingerprint density at radius 3 is 2.33 bits per heavy atom. The van der Waals surface area contributed by atoms with Gasteiger partial charge >= 0.3 is 18.3 Å². The van der Waals surface area contributed by atoms with Crippen molar-refractivity contribution in [2.75, 3.05) is 5.32 Å². The van der Waals surface area contributed by atoms with Crippen LogP contribution in [0.25, 0.3) is 0 Å². The number of rotatable bonds is 4. The molecular weight excluding hydrogens is 406 g/mol. The summed E-state index contributed by atoms with van der Waals surface area (Å²) in [5, 5.41) is 1.60. The van der Waals surface area contributed by atoms with E-state index in [4.69, 9.17) is 10.7 Å². The van der Waals surface area contributed by atoms with Gasteiger partial charge in [0.25, 0.3) is 9.05 Å². The van der Waals surface area contributed by atoms with Gasteiger partial charge in [0.05, 0.1) is 10.6 Å². The van der Waals surface area contributed by atoms with E-state index in [1.54, 1.807) is 5.32 Å². The fourth-order valence-corrected chi connectivity index (χ4v) is 3.12. The Hall–Kier alpha value is -0.870. The minimum absolute atomic E-state index is 0.0452. The highest BCUT2D eigenvalue weighted by Crippen LogP contribution is 2.32. The van der Waals surface area contributed by atoms with Gasteiger partial charge in [0, 0.05) is 15.2 Å². The number of aryl methyl sites for hydroxylation is 1. The molecule has 0 bridgehead atoms. The van der Waals surface area contributed by atoms with Crippen molar-refractivity contribution < 1.29 is 30.8 Å². The van der Waals surface area contributed by atoms with Gasteiger partial charge in [-0.15, -0.1) is 0 Å². The molecule has 4 nitrogen and oxygen atoms in total. The molecule has 1 N–H and O–H groups in total. The Kier molecular flexibility index (Phi) is 5.27. The van der Waals surface area contributed by atoms with Crippen molar-refractivity contribution in [1.29, 1.82) is 0 Å². The zero-order chi connectivity index (χ0) is 16.6. The highest BCUT2D eigenvalue weighted by Gasteiger charge is 2.49. The van der Waals surface area contributed by atoms with Crippen LogP contribution in [-0.4, -0.2) is 26.7 Å². The molecule has 0 heterocycles. The highest BCUT2D eigenvalue weighted by molar-refractivity contribution is 9.10. The molecule has 1 amide bonds. The molecule has 0 aliphatic rings. The lowest BCUT2D eigenvalue weighted by molar-refractivity contribution is -0.163. The second kappa shape index (κ2) is 6.09. The van der Waals surface area contributed by atoms with E-state index in [0.29, 0.717) is 0 Å². The first kappa shape index (κ1) is 18.2. The Labute approximate surface area is 130 Å². The van der Waals surface area contributed by atoms with Crippen molar-refractivity contribution in [1.82, 2.24) is 0 Å². The van der Waals surface area contributed by atoms with Crippen LogP contribution < -0.4 is 5.32 Å². The molecule has 0 saturated heterocycles. The molecule has 0 saturated carbocycles. The molecule has 11 heteroatoms. The van der Waals surface area contributed by atoms with Crippen molar-refractivity contribution in [2.45, 2.75) is 24.2 Å². The molecule has 21 heavy (non-hydrogen) atoms. The third-order valence-corrected chi connectivity index (χ3v) is 4.47. The lowest BCUT2D eigenvalue weighted by atomic mass is 10.2. The summed E-state index contributed by atoms with van der Waals surface area (Å²) in [5.74, 6) is -7.08. The molecule has 0 aromatic heterocycles. The lowest BCUT2D eigenvalue weighted by Crippen LogP contribution is -2.41. The summed E-state index contributed by atoms with van der Waals surface area (Å²) in [6.07, 6.45) is -4.17. The van der Waals surface area contributed by atoms with E-state index in [1.807, 2.05) is 0 Å². The number of halogens is 6. The Balaban J connectivity index is 3.19. The largest absolute Gasteiger partial charge is 0.383 e. The highest BCUT2D eigenvalue weighted by atomic mass is 79.9. The number of alkyl halides is 4. The summed E-state index contributed by atoms with van der Waals surface area (Å²) in [6.45, 7) is 1.29. The molecular formula is C10H7BrClF4NO3S. The van der Waals surface area contributed by atoms with Gasteiger partial charge in [-0.1, -0.05) is 0 Å². The SMILES string of the molecule is Cc1cc(NC(=O)C(F)(F)C(F)F)c(Br)cc1S(=O)(=O)Cl. The number of anilines is 1. The van der Waals surface area contributed by atoms with Crippen LogP contribution in [0.4, 0.5) is 23.2 Å². The van der Waals surface area contributed by atoms with Crippen LogP contribution in [-0.2, 0) is 13.8 Å². The molecule has 0 aliphatic heterocycles. The summed E-state index contributed by atoms with van der Waals surface area (Å²) in [5.41, 5.74) is -0.245. The summed E-state index contributed by atoms with van der Waals surface area (Å²) >= 11 is 2.84. The van der Waals surface area contributed by atoms with Gasteiger partial charge in [0.1, 0.15) is 0 Å². The third-order valence-electron chi connectivity index (χ3n) is 2.35. The molecule has 0 radical (unpaired) electrons. The van der Waals surface area contributed by atoms with Crippen LogP contribution in [0.15, 0.2) is 21.5 Å². The maximum absolute atomic E-state index is 12.8. The van der Waals surface area contributed by atoms with Crippen molar-refractivity contribution >= 4 is 47.3 Å². The average molecular weight is 413 g/mol. The molecule has 0 fully saturated rings. The number of carbonyl (C=O) groups is 1. The van der Waals surface area contributed by atoms with Crippen LogP contribution in [0, 0.1) is 6.92 Å². The zero-order valence-corrected chi connectivity index (χ0v) is 13.3. The minimum atomic E-state index is -4.87. The third kappa shape index (κ3) is 4.07. The first-order chi connectivity index (χ1) is 9.37. The van der Waals surface area contributed by atoms with Crippen LogP contribution >= 0.6 is 26.6 Å². The smallest absolute Gasteiger partial charge is 0.320 e. The van der Waals surface area contributed by atoms with Crippen LogP contribution in [0.3, 0.4) is 0 Å². The second-order valence-corrected chi connectivity index (χ2v) is 7.30. The average Bonchev–Trinajstić information content (AvgIpc) is 2.31. The van der Waals surface area contributed by atoms with Crippen molar-refractivity contribution in [2.24, 2.45) is 0 Å². The summed E-state index contributed by atoms with van der Waals surface area (Å²) in [7, 11) is 1.07. The second-order valence-electron chi connectivity index (χ2n) is 3.91. The normalized spacial score (nSPS) is 12.6. The molecule has 0 aliphatic carbocycles.